The molecule has 1 atom stereocenters. The van der Waals surface area contributed by atoms with E-state index in [2.05, 4.69) is 15.9 Å². The Morgan fingerprint density at radius 2 is 1.83 bits per heavy atom. The van der Waals surface area contributed by atoms with E-state index in [0.717, 1.165) is 36.0 Å². The minimum absolute atomic E-state index is 0.00677. The molecular formula is C18H17BrClNO2. The number of rotatable bonds is 4. The summed E-state index contributed by atoms with van der Waals surface area (Å²) in [4.78, 5) is 14.7. The van der Waals surface area contributed by atoms with Gasteiger partial charge in [-0.05, 0) is 31.0 Å². The van der Waals surface area contributed by atoms with Gasteiger partial charge in [-0.2, -0.15) is 0 Å². The molecule has 0 bridgehead atoms. The molecule has 2 aromatic carbocycles. The van der Waals surface area contributed by atoms with Crippen LogP contribution in [0.3, 0.4) is 0 Å². The van der Waals surface area contributed by atoms with Crippen LogP contribution in [-0.2, 0) is 4.79 Å². The van der Waals surface area contributed by atoms with Crippen LogP contribution in [0.4, 0.5) is 0 Å². The molecule has 1 aliphatic heterocycles. The van der Waals surface area contributed by atoms with Crippen LogP contribution in [-0.4, -0.2) is 23.9 Å². The van der Waals surface area contributed by atoms with Crippen molar-refractivity contribution in [1.29, 1.82) is 0 Å². The zero-order valence-corrected chi connectivity index (χ0v) is 14.9. The fourth-order valence-corrected chi connectivity index (χ4v) is 3.41. The van der Waals surface area contributed by atoms with Gasteiger partial charge in [0.2, 0.25) is 6.10 Å². The number of amides is 1. The second-order valence-corrected chi connectivity index (χ2v) is 6.84. The third-order valence-corrected chi connectivity index (χ3v) is 4.67. The Morgan fingerprint density at radius 1 is 1.13 bits per heavy atom. The number of hydrogen-bond acceptors (Lipinski definition) is 2. The van der Waals surface area contributed by atoms with Gasteiger partial charge in [0, 0.05) is 23.1 Å². The second kappa shape index (κ2) is 7.37. The number of likely N-dealkylation sites (tertiary alicyclic amines) is 1. The zero-order chi connectivity index (χ0) is 16.2. The van der Waals surface area contributed by atoms with Crippen LogP contribution in [0.15, 0.2) is 53.0 Å². The van der Waals surface area contributed by atoms with Gasteiger partial charge in [-0.1, -0.05) is 57.9 Å². The van der Waals surface area contributed by atoms with Gasteiger partial charge < -0.3 is 9.64 Å². The van der Waals surface area contributed by atoms with Crippen molar-refractivity contribution in [2.24, 2.45) is 0 Å². The summed E-state index contributed by atoms with van der Waals surface area (Å²) in [6, 6.07) is 14.9. The van der Waals surface area contributed by atoms with Gasteiger partial charge in [0.1, 0.15) is 5.75 Å². The number of halogens is 2. The van der Waals surface area contributed by atoms with Crippen molar-refractivity contribution < 1.29 is 9.53 Å². The molecular weight excluding hydrogens is 378 g/mol. The average molecular weight is 395 g/mol. The molecule has 1 amide bonds. The smallest absolute Gasteiger partial charge is 0.268 e. The summed E-state index contributed by atoms with van der Waals surface area (Å²) in [6.45, 7) is 1.58. The highest BCUT2D eigenvalue weighted by Crippen LogP contribution is 2.32. The average Bonchev–Trinajstić information content (AvgIpc) is 3.09. The van der Waals surface area contributed by atoms with E-state index in [-0.39, 0.29) is 5.91 Å². The Bertz CT molecular complexity index is 687. The van der Waals surface area contributed by atoms with E-state index in [1.807, 2.05) is 41.3 Å². The maximum atomic E-state index is 12.9. The molecule has 120 valence electrons. The number of carbonyl (C=O) groups excluding carboxylic acids is 1. The third kappa shape index (κ3) is 3.88. The SMILES string of the molecule is O=C([C@@H](Oc1ccc(Br)cc1Cl)c1ccccc1)N1CCCC1. The van der Waals surface area contributed by atoms with Crippen molar-refractivity contribution >= 4 is 33.4 Å². The molecule has 1 heterocycles. The van der Waals surface area contributed by atoms with E-state index in [4.69, 9.17) is 16.3 Å². The first-order valence-corrected chi connectivity index (χ1v) is 8.78. The number of ether oxygens (including phenoxy) is 1. The molecule has 23 heavy (non-hydrogen) atoms. The minimum atomic E-state index is -0.673. The molecule has 0 spiro atoms. The van der Waals surface area contributed by atoms with E-state index >= 15 is 0 Å². The molecule has 0 N–H and O–H groups in total. The lowest BCUT2D eigenvalue weighted by molar-refractivity contribution is -0.137. The van der Waals surface area contributed by atoms with Crippen LogP contribution in [0.5, 0.6) is 5.75 Å². The summed E-state index contributed by atoms with van der Waals surface area (Å²) in [5.74, 6) is 0.504. The normalized spacial score (nSPS) is 15.5. The van der Waals surface area contributed by atoms with Crippen molar-refractivity contribution in [2.45, 2.75) is 18.9 Å². The van der Waals surface area contributed by atoms with Crippen LogP contribution < -0.4 is 4.74 Å². The molecule has 1 saturated heterocycles. The first-order chi connectivity index (χ1) is 11.1. The summed E-state index contributed by atoms with van der Waals surface area (Å²) >= 11 is 9.62. The van der Waals surface area contributed by atoms with Gasteiger partial charge >= 0.3 is 0 Å². The van der Waals surface area contributed by atoms with Crippen molar-refractivity contribution in [3.8, 4) is 5.75 Å². The summed E-state index contributed by atoms with van der Waals surface area (Å²) in [7, 11) is 0. The van der Waals surface area contributed by atoms with Gasteiger partial charge in [0.15, 0.2) is 0 Å². The Morgan fingerprint density at radius 3 is 2.48 bits per heavy atom. The van der Waals surface area contributed by atoms with E-state index in [9.17, 15) is 4.79 Å². The van der Waals surface area contributed by atoms with Gasteiger partial charge in [-0.15, -0.1) is 0 Å². The zero-order valence-electron chi connectivity index (χ0n) is 12.5. The van der Waals surface area contributed by atoms with E-state index in [1.54, 1.807) is 12.1 Å². The standard InChI is InChI=1S/C18H17BrClNO2/c19-14-8-9-16(15(20)12-14)23-17(13-6-2-1-3-7-13)18(22)21-10-4-5-11-21/h1-3,6-9,12,17H,4-5,10-11H2/t17-/m0/s1. The van der Waals surface area contributed by atoms with Crippen LogP contribution in [0.25, 0.3) is 0 Å². The predicted octanol–water partition coefficient (Wildman–Crippen LogP) is 4.85. The summed E-state index contributed by atoms with van der Waals surface area (Å²) < 4.78 is 6.89. The number of nitrogens with zero attached hydrogens (tertiary/aromatic N) is 1. The lowest BCUT2D eigenvalue weighted by Crippen LogP contribution is -2.35. The molecule has 3 nitrogen and oxygen atoms in total. The Labute approximate surface area is 149 Å². The Kier molecular flexibility index (Phi) is 5.23. The molecule has 1 fully saturated rings. The van der Waals surface area contributed by atoms with Gasteiger partial charge in [-0.3, -0.25) is 4.79 Å². The molecule has 3 rings (SSSR count). The fourth-order valence-electron chi connectivity index (χ4n) is 2.69. The Balaban J connectivity index is 1.90. The van der Waals surface area contributed by atoms with Crippen LogP contribution in [0, 0.1) is 0 Å². The first-order valence-electron chi connectivity index (χ1n) is 7.60. The summed E-state index contributed by atoms with van der Waals surface area (Å²) in [6.07, 6.45) is 1.42. The summed E-state index contributed by atoms with van der Waals surface area (Å²) in [5, 5.41) is 0.481. The first kappa shape index (κ1) is 16.3. The third-order valence-electron chi connectivity index (χ3n) is 3.88. The largest absolute Gasteiger partial charge is 0.474 e. The maximum absolute atomic E-state index is 12.9. The van der Waals surface area contributed by atoms with Crippen molar-refractivity contribution in [3.63, 3.8) is 0 Å². The van der Waals surface area contributed by atoms with E-state index in [1.165, 1.54) is 0 Å². The van der Waals surface area contributed by atoms with Gasteiger partial charge in [0.05, 0.1) is 5.02 Å². The summed E-state index contributed by atoms with van der Waals surface area (Å²) in [5.41, 5.74) is 0.836. The van der Waals surface area contributed by atoms with E-state index in [0.29, 0.717) is 10.8 Å². The Hall–Kier alpha value is -1.52. The highest BCUT2D eigenvalue weighted by molar-refractivity contribution is 9.10. The van der Waals surface area contributed by atoms with Crippen LogP contribution in [0.2, 0.25) is 5.02 Å². The molecule has 0 radical (unpaired) electrons. The number of hydrogen-bond donors (Lipinski definition) is 0. The highest BCUT2D eigenvalue weighted by Gasteiger charge is 2.29. The minimum Gasteiger partial charge on any atom is -0.474 e. The molecule has 0 aromatic heterocycles. The van der Waals surface area contributed by atoms with Gasteiger partial charge in [0.25, 0.3) is 5.91 Å². The number of carbonyl (C=O) groups is 1. The fraction of sp³-hybridized carbons (Fsp3) is 0.278. The van der Waals surface area contributed by atoms with Crippen LogP contribution >= 0.6 is 27.5 Å². The van der Waals surface area contributed by atoms with Gasteiger partial charge in [-0.25, -0.2) is 0 Å². The van der Waals surface area contributed by atoms with Crippen molar-refractivity contribution in [3.05, 3.63) is 63.6 Å². The highest BCUT2D eigenvalue weighted by atomic mass is 79.9. The molecule has 2 aromatic rings. The lowest BCUT2D eigenvalue weighted by atomic mass is 10.1. The van der Waals surface area contributed by atoms with Crippen LogP contribution in [0.1, 0.15) is 24.5 Å². The number of benzene rings is 2. The maximum Gasteiger partial charge on any atom is 0.268 e. The molecule has 1 aliphatic rings. The van der Waals surface area contributed by atoms with Crippen molar-refractivity contribution in [1.82, 2.24) is 4.90 Å². The monoisotopic (exact) mass is 393 g/mol. The van der Waals surface area contributed by atoms with E-state index < -0.39 is 6.10 Å². The molecule has 5 heteroatoms. The molecule has 0 unspecified atom stereocenters. The predicted molar refractivity (Wildman–Crippen MR) is 94.8 cm³/mol. The molecule has 0 aliphatic carbocycles. The van der Waals surface area contributed by atoms with Crippen molar-refractivity contribution in [2.75, 3.05) is 13.1 Å². The lowest BCUT2D eigenvalue weighted by Gasteiger charge is -2.24. The quantitative estimate of drug-likeness (QED) is 0.742. The second-order valence-electron chi connectivity index (χ2n) is 5.52. The topological polar surface area (TPSA) is 29.5 Å². The molecule has 0 saturated carbocycles.